The van der Waals surface area contributed by atoms with Crippen molar-refractivity contribution in [3.63, 3.8) is 0 Å². The first-order valence-corrected chi connectivity index (χ1v) is 13.1. The van der Waals surface area contributed by atoms with Crippen molar-refractivity contribution >= 4 is 51.7 Å². The number of anilines is 1. The van der Waals surface area contributed by atoms with Crippen molar-refractivity contribution in [3.8, 4) is 5.75 Å². The number of hydrazone groups is 1. The van der Waals surface area contributed by atoms with Gasteiger partial charge in [0.15, 0.2) is 5.17 Å². The van der Waals surface area contributed by atoms with Crippen LogP contribution >= 0.6 is 23.4 Å². The fraction of sp³-hybridized carbons (Fsp3) is 0.214. The second-order valence-corrected chi connectivity index (χ2v) is 10.4. The highest BCUT2D eigenvalue weighted by molar-refractivity contribution is 8.15. The van der Waals surface area contributed by atoms with Crippen LogP contribution in [0.2, 0.25) is 5.02 Å². The summed E-state index contributed by atoms with van der Waals surface area (Å²) in [6.07, 6.45) is 0.657. The van der Waals surface area contributed by atoms with Crippen LogP contribution in [0.5, 0.6) is 5.75 Å². The summed E-state index contributed by atoms with van der Waals surface area (Å²) in [5, 5.41) is 9.97. The van der Waals surface area contributed by atoms with E-state index in [1.165, 1.54) is 11.8 Å². The number of halogens is 1. The van der Waals surface area contributed by atoms with Gasteiger partial charge in [0, 0.05) is 23.6 Å². The van der Waals surface area contributed by atoms with Crippen molar-refractivity contribution in [3.05, 3.63) is 94.5 Å². The first-order chi connectivity index (χ1) is 17.9. The normalized spacial score (nSPS) is 19.0. The molecule has 3 aromatic rings. The van der Waals surface area contributed by atoms with Crippen molar-refractivity contribution in [1.82, 2.24) is 5.01 Å². The third-order valence-electron chi connectivity index (χ3n) is 6.27. The Balaban J connectivity index is 1.33. The number of benzene rings is 3. The number of aryl methyl sites for hydroxylation is 1. The second-order valence-electron chi connectivity index (χ2n) is 8.81. The number of methoxy groups -OCH3 is 1. The maximum Gasteiger partial charge on any atom is 0.262 e. The lowest BCUT2D eigenvalue weighted by Crippen LogP contribution is -2.25. The van der Waals surface area contributed by atoms with Crippen LogP contribution in [0, 0.1) is 6.92 Å². The maximum atomic E-state index is 12.8. The van der Waals surface area contributed by atoms with E-state index in [1.54, 1.807) is 19.2 Å². The largest absolute Gasteiger partial charge is 0.497 e. The Morgan fingerprint density at radius 3 is 2.59 bits per heavy atom. The first-order valence-electron chi connectivity index (χ1n) is 11.8. The number of amidine groups is 1. The average molecular weight is 533 g/mol. The molecule has 0 aromatic heterocycles. The van der Waals surface area contributed by atoms with Gasteiger partial charge in [-0.05, 0) is 60.0 Å². The minimum Gasteiger partial charge on any atom is -0.497 e. The molecule has 9 heteroatoms. The van der Waals surface area contributed by atoms with E-state index in [9.17, 15) is 9.59 Å². The van der Waals surface area contributed by atoms with Crippen molar-refractivity contribution < 1.29 is 14.3 Å². The fourth-order valence-corrected chi connectivity index (χ4v) is 5.48. The molecule has 0 bridgehead atoms. The molecule has 0 spiro atoms. The van der Waals surface area contributed by atoms with Gasteiger partial charge in [-0.1, -0.05) is 59.8 Å². The standard InChI is InChI=1S/C28H25ClN4O3S/c1-17-8-11-20(14-22(17)29)30-26(34)16-25-27(35)31-28(37-25)33-24(19-6-4-3-5-7-19)15-23(32-33)18-9-12-21(36-2)13-10-18/h3-14,24-25H,15-16H2,1-2H3,(H,30,34)/t24-,25+/m0/s1. The Labute approximate surface area is 224 Å². The van der Waals surface area contributed by atoms with Crippen LogP contribution in [0.1, 0.15) is 35.6 Å². The number of hydrogen-bond donors (Lipinski definition) is 1. The van der Waals surface area contributed by atoms with E-state index >= 15 is 0 Å². The van der Waals surface area contributed by atoms with Crippen LogP contribution in [-0.4, -0.2) is 40.1 Å². The SMILES string of the molecule is COc1ccc(C2=NN(C3=NC(=O)[C@@H](CC(=O)Nc4ccc(C)c(Cl)c4)S3)[C@H](c3ccccc3)C2)cc1. The van der Waals surface area contributed by atoms with Gasteiger partial charge < -0.3 is 10.1 Å². The highest BCUT2D eigenvalue weighted by atomic mass is 35.5. The first kappa shape index (κ1) is 25.0. The Bertz CT molecular complexity index is 1390. The predicted octanol–water partition coefficient (Wildman–Crippen LogP) is 5.83. The highest BCUT2D eigenvalue weighted by Crippen LogP contribution is 2.38. The van der Waals surface area contributed by atoms with Crippen LogP contribution < -0.4 is 10.1 Å². The summed E-state index contributed by atoms with van der Waals surface area (Å²) in [5.74, 6) is 0.164. The molecule has 0 fully saturated rings. The van der Waals surface area contributed by atoms with Gasteiger partial charge in [0.05, 0.1) is 18.9 Å². The maximum absolute atomic E-state index is 12.8. The van der Waals surface area contributed by atoms with E-state index in [1.807, 2.05) is 72.6 Å². The van der Waals surface area contributed by atoms with Gasteiger partial charge in [0.1, 0.15) is 11.0 Å². The molecule has 2 heterocycles. The van der Waals surface area contributed by atoms with E-state index in [0.29, 0.717) is 22.3 Å². The van der Waals surface area contributed by atoms with Gasteiger partial charge in [-0.2, -0.15) is 10.1 Å². The smallest absolute Gasteiger partial charge is 0.262 e. The van der Waals surface area contributed by atoms with E-state index in [0.717, 1.165) is 28.2 Å². The van der Waals surface area contributed by atoms with Gasteiger partial charge in [-0.15, -0.1) is 0 Å². The highest BCUT2D eigenvalue weighted by Gasteiger charge is 2.39. The second kappa shape index (κ2) is 10.8. The topological polar surface area (TPSA) is 83.4 Å². The lowest BCUT2D eigenvalue weighted by atomic mass is 9.98. The summed E-state index contributed by atoms with van der Waals surface area (Å²) in [6.45, 7) is 1.89. The van der Waals surface area contributed by atoms with Crippen LogP contribution in [0.15, 0.2) is 82.9 Å². The zero-order chi connectivity index (χ0) is 25.9. The lowest BCUT2D eigenvalue weighted by Gasteiger charge is -2.23. The molecule has 7 nitrogen and oxygen atoms in total. The minimum atomic E-state index is -0.618. The van der Waals surface area contributed by atoms with E-state index < -0.39 is 5.25 Å². The monoisotopic (exact) mass is 532 g/mol. The molecular formula is C28H25ClN4O3S. The molecule has 0 unspecified atom stereocenters. The number of amides is 2. The summed E-state index contributed by atoms with van der Waals surface area (Å²) in [4.78, 5) is 29.8. The Morgan fingerprint density at radius 1 is 1.14 bits per heavy atom. The number of ether oxygens (including phenoxy) is 1. The third-order valence-corrected chi connectivity index (χ3v) is 7.82. The van der Waals surface area contributed by atoms with Gasteiger partial charge in [0.2, 0.25) is 5.91 Å². The summed E-state index contributed by atoms with van der Waals surface area (Å²) >= 11 is 7.44. The van der Waals surface area contributed by atoms with Crippen LogP contribution in [-0.2, 0) is 9.59 Å². The molecule has 0 aliphatic carbocycles. The molecule has 2 amide bonds. The lowest BCUT2D eigenvalue weighted by molar-refractivity contribution is -0.121. The van der Waals surface area contributed by atoms with E-state index in [-0.39, 0.29) is 24.3 Å². The molecule has 2 atom stereocenters. The third kappa shape index (κ3) is 5.55. The van der Waals surface area contributed by atoms with E-state index in [4.69, 9.17) is 21.4 Å². The number of aliphatic imine (C=N–C) groups is 1. The quantitative estimate of drug-likeness (QED) is 0.431. The van der Waals surface area contributed by atoms with Crippen LogP contribution in [0.25, 0.3) is 0 Å². The number of nitrogens with zero attached hydrogens (tertiary/aromatic N) is 3. The zero-order valence-electron chi connectivity index (χ0n) is 20.3. The Kier molecular flexibility index (Phi) is 7.30. The predicted molar refractivity (Wildman–Crippen MR) is 148 cm³/mol. The molecule has 188 valence electrons. The molecular weight excluding hydrogens is 508 g/mol. The van der Waals surface area contributed by atoms with Gasteiger partial charge in [-0.25, -0.2) is 5.01 Å². The number of hydrogen-bond acceptors (Lipinski definition) is 6. The van der Waals surface area contributed by atoms with Crippen LogP contribution in [0.4, 0.5) is 5.69 Å². The van der Waals surface area contributed by atoms with Gasteiger partial charge >= 0.3 is 0 Å². The minimum absolute atomic E-state index is 0.000883. The number of thioether (sulfide) groups is 1. The molecule has 37 heavy (non-hydrogen) atoms. The molecule has 1 N–H and O–H groups in total. The summed E-state index contributed by atoms with van der Waals surface area (Å²) in [7, 11) is 1.63. The molecule has 0 radical (unpaired) electrons. The van der Waals surface area contributed by atoms with Crippen LogP contribution in [0.3, 0.4) is 0 Å². The number of carbonyl (C=O) groups is 2. The van der Waals surface area contributed by atoms with Crippen molar-refractivity contribution in [1.29, 1.82) is 0 Å². The molecule has 2 aliphatic rings. The van der Waals surface area contributed by atoms with Crippen molar-refractivity contribution in [2.75, 3.05) is 12.4 Å². The van der Waals surface area contributed by atoms with Gasteiger partial charge in [-0.3, -0.25) is 9.59 Å². The summed E-state index contributed by atoms with van der Waals surface area (Å²) in [5.41, 5.74) is 4.46. The fourth-order valence-electron chi connectivity index (χ4n) is 4.23. The van der Waals surface area contributed by atoms with Crippen molar-refractivity contribution in [2.45, 2.75) is 31.1 Å². The summed E-state index contributed by atoms with van der Waals surface area (Å²) in [6, 6.07) is 23.0. The number of carbonyl (C=O) groups excluding carboxylic acids is 2. The molecule has 0 saturated heterocycles. The molecule has 2 aliphatic heterocycles. The number of nitrogens with one attached hydrogen (secondary N) is 1. The van der Waals surface area contributed by atoms with Crippen molar-refractivity contribution in [2.24, 2.45) is 10.1 Å². The number of rotatable bonds is 6. The zero-order valence-corrected chi connectivity index (χ0v) is 21.9. The molecule has 0 saturated carbocycles. The molecule has 5 rings (SSSR count). The Morgan fingerprint density at radius 2 is 1.89 bits per heavy atom. The van der Waals surface area contributed by atoms with Gasteiger partial charge in [0.25, 0.3) is 5.91 Å². The molecule has 3 aromatic carbocycles. The summed E-state index contributed by atoms with van der Waals surface area (Å²) < 4.78 is 5.28. The van der Waals surface area contributed by atoms with E-state index in [2.05, 4.69) is 10.3 Å². The average Bonchev–Trinajstić information content (AvgIpc) is 3.51. The Hall–Kier alpha value is -3.62.